The van der Waals surface area contributed by atoms with Gasteiger partial charge in [0.1, 0.15) is 5.82 Å². The predicted octanol–water partition coefficient (Wildman–Crippen LogP) is 1.49. The average molecular weight is 238 g/mol. The highest BCUT2D eigenvalue weighted by molar-refractivity contribution is 5.50. The third-order valence-electron chi connectivity index (χ3n) is 3.41. The van der Waals surface area contributed by atoms with Crippen LogP contribution in [-0.2, 0) is 6.54 Å². The van der Waals surface area contributed by atoms with Gasteiger partial charge in [-0.1, -0.05) is 6.07 Å². The second-order valence-corrected chi connectivity index (χ2v) is 4.60. The number of benzene rings is 1. The maximum Gasteiger partial charge on any atom is 0.146 e. The Balaban J connectivity index is 2.08. The minimum atomic E-state index is -0.197. The molecule has 1 atom stereocenters. The largest absolute Gasteiger partial charge is 0.396 e. The Morgan fingerprint density at radius 3 is 2.94 bits per heavy atom. The highest BCUT2D eigenvalue weighted by Gasteiger charge is 2.23. The first-order chi connectivity index (χ1) is 8.24. The van der Waals surface area contributed by atoms with Crippen LogP contribution in [0.4, 0.5) is 10.1 Å². The molecule has 0 aliphatic carbocycles. The molecular formula is C13H19FN2O. The molecule has 94 valence electrons. The molecule has 3 N–H and O–H groups in total. The van der Waals surface area contributed by atoms with Gasteiger partial charge in [-0.2, -0.15) is 0 Å². The van der Waals surface area contributed by atoms with Crippen molar-refractivity contribution in [3.8, 4) is 0 Å². The van der Waals surface area contributed by atoms with Crippen molar-refractivity contribution in [2.24, 2.45) is 11.7 Å². The van der Waals surface area contributed by atoms with Gasteiger partial charge in [0.05, 0.1) is 5.69 Å². The van der Waals surface area contributed by atoms with E-state index in [-0.39, 0.29) is 12.4 Å². The SMILES string of the molecule is NCc1ccc(N2CCC(CCO)C2)c(F)c1. The molecule has 1 aliphatic rings. The summed E-state index contributed by atoms with van der Waals surface area (Å²) in [4.78, 5) is 2.05. The highest BCUT2D eigenvalue weighted by Crippen LogP contribution is 2.28. The maximum atomic E-state index is 13.9. The first-order valence-corrected chi connectivity index (χ1v) is 6.09. The number of hydrogen-bond donors (Lipinski definition) is 2. The van der Waals surface area contributed by atoms with Crippen molar-refractivity contribution in [1.82, 2.24) is 0 Å². The third-order valence-corrected chi connectivity index (χ3v) is 3.41. The molecule has 0 saturated carbocycles. The van der Waals surface area contributed by atoms with E-state index in [2.05, 4.69) is 4.90 Å². The molecule has 1 unspecified atom stereocenters. The van der Waals surface area contributed by atoms with Crippen molar-refractivity contribution < 1.29 is 9.50 Å². The molecule has 1 fully saturated rings. The van der Waals surface area contributed by atoms with Crippen LogP contribution in [0.25, 0.3) is 0 Å². The number of aliphatic hydroxyl groups excluding tert-OH is 1. The fourth-order valence-electron chi connectivity index (χ4n) is 2.40. The second-order valence-electron chi connectivity index (χ2n) is 4.60. The van der Waals surface area contributed by atoms with Crippen LogP contribution in [0.2, 0.25) is 0 Å². The van der Waals surface area contributed by atoms with Crippen LogP contribution >= 0.6 is 0 Å². The van der Waals surface area contributed by atoms with Crippen LogP contribution in [0.15, 0.2) is 18.2 Å². The summed E-state index contributed by atoms with van der Waals surface area (Å²) in [5.74, 6) is 0.284. The van der Waals surface area contributed by atoms with E-state index in [9.17, 15) is 4.39 Å². The van der Waals surface area contributed by atoms with Gasteiger partial charge in [-0.3, -0.25) is 0 Å². The van der Waals surface area contributed by atoms with E-state index in [0.717, 1.165) is 31.5 Å². The monoisotopic (exact) mass is 238 g/mol. The van der Waals surface area contributed by atoms with Gasteiger partial charge >= 0.3 is 0 Å². The molecule has 3 nitrogen and oxygen atoms in total. The average Bonchev–Trinajstić information content (AvgIpc) is 2.78. The maximum absolute atomic E-state index is 13.9. The number of aliphatic hydroxyl groups is 1. The minimum Gasteiger partial charge on any atom is -0.396 e. The smallest absolute Gasteiger partial charge is 0.146 e. The number of anilines is 1. The summed E-state index contributed by atoms with van der Waals surface area (Å²) in [7, 11) is 0. The van der Waals surface area contributed by atoms with Crippen molar-refractivity contribution in [2.75, 3.05) is 24.6 Å². The van der Waals surface area contributed by atoms with Crippen LogP contribution in [0.5, 0.6) is 0 Å². The van der Waals surface area contributed by atoms with Crippen LogP contribution in [-0.4, -0.2) is 24.8 Å². The summed E-state index contributed by atoms with van der Waals surface area (Å²) in [5.41, 5.74) is 6.95. The molecule has 1 aromatic carbocycles. The van der Waals surface area contributed by atoms with Gasteiger partial charge in [0.15, 0.2) is 0 Å². The van der Waals surface area contributed by atoms with Gasteiger partial charge in [0.25, 0.3) is 0 Å². The number of rotatable bonds is 4. The predicted molar refractivity (Wildman–Crippen MR) is 66.3 cm³/mol. The second kappa shape index (κ2) is 5.47. The normalized spacial score (nSPS) is 19.9. The first kappa shape index (κ1) is 12.3. The van der Waals surface area contributed by atoms with Crippen molar-refractivity contribution in [3.63, 3.8) is 0 Å². The zero-order valence-electron chi connectivity index (χ0n) is 9.90. The molecule has 1 saturated heterocycles. The summed E-state index contributed by atoms with van der Waals surface area (Å²) in [6, 6.07) is 5.19. The van der Waals surface area contributed by atoms with Gasteiger partial charge in [0.2, 0.25) is 0 Å². The van der Waals surface area contributed by atoms with E-state index in [4.69, 9.17) is 10.8 Å². The third kappa shape index (κ3) is 2.76. The summed E-state index contributed by atoms with van der Waals surface area (Å²) < 4.78 is 13.9. The summed E-state index contributed by atoms with van der Waals surface area (Å²) in [6.45, 7) is 2.28. The molecule has 1 aliphatic heterocycles. The van der Waals surface area contributed by atoms with Crippen LogP contribution in [0.1, 0.15) is 18.4 Å². The molecule has 0 bridgehead atoms. The lowest BCUT2D eigenvalue weighted by molar-refractivity contribution is 0.263. The minimum absolute atomic E-state index is 0.197. The van der Waals surface area contributed by atoms with Gasteiger partial charge in [0, 0.05) is 26.2 Å². The van der Waals surface area contributed by atoms with Crippen molar-refractivity contribution in [2.45, 2.75) is 19.4 Å². The molecule has 1 heterocycles. The summed E-state index contributed by atoms with van der Waals surface area (Å²) in [5, 5.41) is 8.90. The standard InChI is InChI=1S/C13H19FN2O/c14-12-7-11(8-15)1-2-13(12)16-5-3-10(9-16)4-6-17/h1-2,7,10,17H,3-6,8-9,15H2. The zero-order chi connectivity index (χ0) is 12.3. The zero-order valence-corrected chi connectivity index (χ0v) is 9.90. The summed E-state index contributed by atoms with van der Waals surface area (Å²) >= 11 is 0. The van der Waals surface area contributed by atoms with E-state index < -0.39 is 0 Å². The molecule has 2 rings (SSSR count). The quantitative estimate of drug-likeness (QED) is 0.835. The Morgan fingerprint density at radius 1 is 1.47 bits per heavy atom. The van der Waals surface area contributed by atoms with E-state index in [1.54, 1.807) is 6.07 Å². The molecule has 0 spiro atoms. The van der Waals surface area contributed by atoms with Gasteiger partial charge in [-0.25, -0.2) is 4.39 Å². The lowest BCUT2D eigenvalue weighted by atomic mass is 10.1. The van der Waals surface area contributed by atoms with Crippen molar-refractivity contribution in [3.05, 3.63) is 29.6 Å². The topological polar surface area (TPSA) is 49.5 Å². The summed E-state index contributed by atoms with van der Waals surface area (Å²) in [6.07, 6.45) is 1.83. The lowest BCUT2D eigenvalue weighted by Crippen LogP contribution is -2.21. The number of nitrogens with zero attached hydrogens (tertiary/aromatic N) is 1. The molecule has 4 heteroatoms. The van der Waals surface area contributed by atoms with Gasteiger partial charge in [-0.15, -0.1) is 0 Å². The Morgan fingerprint density at radius 2 is 2.29 bits per heavy atom. The molecule has 0 aromatic heterocycles. The fourth-order valence-corrected chi connectivity index (χ4v) is 2.40. The highest BCUT2D eigenvalue weighted by atomic mass is 19.1. The van der Waals surface area contributed by atoms with E-state index in [1.165, 1.54) is 6.07 Å². The molecule has 0 amide bonds. The molecule has 0 radical (unpaired) electrons. The van der Waals surface area contributed by atoms with Crippen molar-refractivity contribution >= 4 is 5.69 Å². The lowest BCUT2D eigenvalue weighted by Gasteiger charge is -2.19. The van der Waals surface area contributed by atoms with Gasteiger partial charge < -0.3 is 15.7 Å². The van der Waals surface area contributed by atoms with E-state index in [0.29, 0.717) is 18.2 Å². The number of halogens is 1. The van der Waals surface area contributed by atoms with E-state index in [1.807, 2.05) is 6.07 Å². The molecular weight excluding hydrogens is 219 g/mol. The van der Waals surface area contributed by atoms with Gasteiger partial charge in [-0.05, 0) is 36.5 Å². The Kier molecular flexibility index (Phi) is 3.97. The van der Waals surface area contributed by atoms with Crippen LogP contribution < -0.4 is 10.6 Å². The molecule has 17 heavy (non-hydrogen) atoms. The Hall–Kier alpha value is -1.13. The molecule has 1 aromatic rings. The van der Waals surface area contributed by atoms with Crippen LogP contribution in [0, 0.1) is 11.7 Å². The number of nitrogens with two attached hydrogens (primary N) is 1. The fraction of sp³-hybridized carbons (Fsp3) is 0.538. The Bertz CT molecular complexity index is 384. The van der Waals surface area contributed by atoms with Crippen LogP contribution in [0.3, 0.4) is 0 Å². The van der Waals surface area contributed by atoms with Crippen molar-refractivity contribution in [1.29, 1.82) is 0 Å². The first-order valence-electron chi connectivity index (χ1n) is 6.09. The number of hydrogen-bond acceptors (Lipinski definition) is 3. The Labute approximate surface area is 101 Å². The van der Waals surface area contributed by atoms with E-state index >= 15 is 0 Å².